The van der Waals surface area contributed by atoms with Crippen LogP contribution in [0.2, 0.25) is 0 Å². The summed E-state index contributed by atoms with van der Waals surface area (Å²) >= 11 is 0. The van der Waals surface area contributed by atoms with Gasteiger partial charge in [-0.3, -0.25) is 4.79 Å². The standard InChI is InChI=1S/C25H29NO2/c1-3-24(26)21-12-14-22(15-13-21)25(27)28-23-16-10-20(11-17-23)9-8-19-6-4-18(2)5-7-19/h4-7,10-11,16-17,21-22,24H,3,12-15,26H2,1-2H3. The topological polar surface area (TPSA) is 52.3 Å². The van der Waals surface area contributed by atoms with Gasteiger partial charge in [-0.25, -0.2) is 0 Å². The molecule has 0 aromatic heterocycles. The molecule has 28 heavy (non-hydrogen) atoms. The van der Waals surface area contributed by atoms with E-state index in [1.165, 1.54) is 5.56 Å². The van der Waals surface area contributed by atoms with Gasteiger partial charge in [0.2, 0.25) is 0 Å². The van der Waals surface area contributed by atoms with E-state index in [-0.39, 0.29) is 17.9 Å². The van der Waals surface area contributed by atoms with E-state index in [9.17, 15) is 4.79 Å². The SMILES string of the molecule is CCC(N)C1CCC(C(=O)Oc2ccc(C#Cc3ccc(C)cc3)cc2)CC1. The number of rotatable bonds is 4. The van der Waals surface area contributed by atoms with Gasteiger partial charge in [0.15, 0.2) is 0 Å². The van der Waals surface area contributed by atoms with Crippen molar-refractivity contribution in [2.75, 3.05) is 0 Å². The van der Waals surface area contributed by atoms with Gasteiger partial charge in [0.1, 0.15) is 5.75 Å². The van der Waals surface area contributed by atoms with E-state index in [1.54, 1.807) is 0 Å². The summed E-state index contributed by atoms with van der Waals surface area (Å²) in [5.74, 6) is 7.28. The molecule has 0 radical (unpaired) electrons. The summed E-state index contributed by atoms with van der Waals surface area (Å²) in [4.78, 5) is 12.5. The summed E-state index contributed by atoms with van der Waals surface area (Å²) in [6.07, 6.45) is 4.78. The quantitative estimate of drug-likeness (QED) is 0.472. The Morgan fingerprint density at radius 3 is 2.07 bits per heavy atom. The number of hydrogen-bond donors (Lipinski definition) is 1. The largest absolute Gasteiger partial charge is 0.426 e. The van der Waals surface area contributed by atoms with Crippen molar-refractivity contribution < 1.29 is 9.53 Å². The number of esters is 1. The average molecular weight is 376 g/mol. The predicted molar refractivity (Wildman–Crippen MR) is 113 cm³/mol. The molecule has 0 bridgehead atoms. The van der Waals surface area contributed by atoms with Gasteiger partial charge in [-0.05, 0) is 81.3 Å². The molecular weight excluding hydrogens is 346 g/mol. The molecule has 0 saturated heterocycles. The Labute approximate surface area is 168 Å². The van der Waals surface area contributed by atoms with E-state index in [0.717, 1.165) is 43.2 Å². The lowest BCUT2D eigenvalue weighted by molar-refractivity contribution is -0.140. The molecule has 1 aliphatic rings. The lowest BCUT2D eigenvalue weighted by Crippen LogP contribution is -2.34. The molecule has 2 N–H and O–H groups in total. The number of carbonyl (C=O) groups is 1. The normalized spacial score (nSPS) is 20.0. The van der Waals surface area contributed by atoms with Crippen molar-refractivity contribution >= 4 is 5.97 Å². The molecule has 3 nitrogen and oxygen atoms in total. The second-order valence-electron chi connectivity index (χ2n) is 7.75. The third kappa shape index (κ3) is 5.47. The minimum atomic E-state index is -0.123. The van der Waals surface area contributed by atoms with Gasteiger partial charge in [-0.2, -0.15) is 0 Å². The molecule has 0 spiro atoms. The Morgan fingerprint density at radius 1 is 1.00 bits per heavy atom. The molecule has 1 atom stereocenters. The molecule has 1 aliphatic carbocycles. The maximum Gasteiger partial charge on any atom is 0.314 e. The van der Waals surface area contributed by atoms with E-state index in [1.807, 2.05) is 36.4 Å². The second-order valence-corrected chi connectivity index (χ2v) is 7.75. The summed E-state index contributed by atoms with van der Waals surface area (Å²) in [5, 5.41) is 0. The van der Waals surface area contributed by atoms with Gasteiger partial charge >= 0.3 is 5.97 Å². The fourth-order valence-corrected chi connectivity index (χ4v) is 3.70. The zero-order valence-electron chi connectivity index (χ0n) is 16.8. The molecule has 2 aromatic carbocycles. The molecule has 3 heteroatoms. The van der Waals surface area contributed by atoms with Gasteiger partial charge in [0.05, 0.1) is 5.92 Å². The van der Waals surface area contributed by atoms with Crippen molar-refractivity contribution in [1.82, 2.24) is 0 Å². The Morgan fingerprint density at radius 2 is 1.54 bits per heavy atom. The highest BCUT2D eigenvalue weighted by Gasteiger charge is 2.29. The first-order chi connectivity index (χ1) is 13.5. The number of nitrogens with two attached hydrogens (primary N) is 1. The first kappa shape index (κ1) is 20.2. The van der Waals surface area contributed by atoms with Crippen molar-refractivity contribution in [3.8, 4) is 17.6 Å². The lowest BCUT2D eigenvalue weighted by atomic mass is 9.78. The molecule has 1 saturated carbocycles. The van der Waals surface area contributed by atoms with Crippen LogP contribution < -0.4 is 10.5 Å². The molecule has 0 heterocycles. The highest BCUT2D eigenvalue weighted by atomic mass is 16.5. The summed E-state index contributed by atoms with van der Waals surface area (Å²) in [6.45, 7) is 4.18. The zero-order valence-corrected chi connectivity index (χ0v) is 16.8. The van der Waals surface area contributed by atoms with Crippen LogP contribution in [0, 0.1) is 30.6 Å². The third-order valence-electron chi connectivity index (χ3n) is 5.66. The Balaban J connectivity index is 1.53. The highest BCUT2D eigenvalue weighted by Crippen LogP contribution is 2.32. The van der Waals surface area contributed by atoms with Crippen LogP contribution in [-0.2, 0) is 4.79 Å². The van der Waals surface area contributed by atoms with E-state index >= 15 is 0 Å². The summed E-state index contributed by atoms with van der Waals surface area (Å²) in [7, 11) is 0. The third-order valence-corrected chi connectivity index (χ3v) is 5.66. The van der Waals surface area contributed by atoms with Gasteiger partial charge in [-0.1, -0.05) is 36.5 Å². The van der Waals surface area contributed by atoms with Crippen molar-refractivity contribution in [3.05, 3.63) is 65.2 Å². The van der Waals surface area contributed by atoms with Crippen molar-refractivity contribution in [3.63, 3.8) is 0 Å². The van der Waals surface area contributed by atoms with Gasteiger partial charge in [0, 0.05) is 17.2 Å². The summed E-state index contributed by atoms with van der Waals surface area (Å²) in [5.41, 5.74) is 9.25. The monoisotopic (exact) mass is 375 g/mol. The smallest absolute Gasteiger partial charge is 0.314 e. The predicted octanol–water partition coefficient (Wildman–Crippen LogP) is 4.84. The number of benzene rings is 2. The van der Waals surface area contributed by atoms with E-state index in [0.29, 0.717) is 11.7 Å². The number of carbonyl (C=O) groups excluding carboxylic acids is 1. The second kappa shape index (κ2) is 9.57. The Bertz CT molecular complexity index is 835. The van der Waals surface area contributed by atoms with Gasteiger partial charge < -0.3 is 10.5 Å². The maximum atomic E-state index is 12.5. The molecule has 1 fully saturated rings. The molecule has 3 rings (SSSR count). The van der Waals surface area contributed by atoms with E-state index in [2.05, 4.69) is 37.8 Å². The minimum absolute atomic E-state index is 0.0127. The molecule has 1 unspecified atom stereocenters. The minimum Gasteiger partial charge on any atom is -0.426 e. The van der Waals surface area contributed by atoms with Crippen LogP contribution in [0.25, 0.3) is 0 Å². The van der Waals surface area contributed by atoms with Gasteiger partial charge in [-0.15, -0.1) is 0 Å². The number of aryl methyl sites for hydroxylation is 1. The molecule has 146 valence electrons. The first-order valence-electron chi connectivity index (χ1n) is 10.2. The number of ether oxygens (including phenoxy) is 1. The highest BCUT2D eigenvalue weighted by molar-refractivity contribution is 5.75. The van der Waals surface area contributed by atoms with E-state index in [4.69, 9.17) is 10.5 Å². The summed E-state index contributed by atoms with van der Waals surface area (Å²) < 4.78 is 5.59. The van der Waals surface area contributed by atoms with Crippen LogP contribution in [0.4, 0.5) is 0 Å². The van der Waals surface area contributed by atoms with Gasteiger partial charge in [0.25, 0.3) is 0 Å². The van der Waals surface area contributed by atoms with Crippen molar-refractivity contribution in [2.45, 2.75) is 52.0 Å². The van der Waals surface area contributed by atoms with Crippen LogP contribution in [0.15, 0.2) is 48.5 Å². The molecule has 0 amide bonds. The Kier molecular flexibility index (Phi) is 6.90. The number of hydrogen-bond acceptors (Lipinski definition) is 3. The average Bonchev–Trinajstić information content (AvgIpc) is 2.74. The molecule has 2 aromatic rings. The van der Waals surface area contributed by atoms with Crippen LogP contribution >= 0.6 is 0 Å². The van der Waals surface area contributed by atoms with E-state index < -0.39 is 0 Å². The molecule has 0 aliphatic heterocycles. The first-order valence-corrected chi connectivity index (χ1v) is 10.2. The summed E-state index contributed by atoms with van der Waals surface area (Å²) in [6, 6.07) is 15.8. The van der Waals surface area contributed by atoms with Crippen LogP contribution in [-0.4, -0.2) is 12.0 Å². The lowest BCUT2D eigenvalue weighted by Gasteiger charge is -2.30. The fourth-order valence-electron chi connectivity index (χ4n) is 3.70. The van der Waals surface area contributed by atoms with Crippen LogP contribution in [0.1, 0.15) is 55.7 Å². The zero-order chi connectivity index (χ0) is 19.9. The fraction of sp³-hybridized carbons (Fsp3) is 0.400. The maximum absolute atomic E-state index is 12.5. The molecular formula is C25H29NO2. The van der Waals surface area contributed by atoms with Crippen LogP contribution in [0.5, 0.6) is 5.75 Å². The van der Waals surface area contributed by atoms with Crippen LogP contribution in [0.3, 0.4) is 0 Å². The van der Waals surface area contributed by atoms with Crippen molar-refractivity contribution in [2.24, 2.45) is 17.6 Å². The Hall–Kier alpha value is -2.57. The van der Waals surface area contributed by atoms with Crippen molar-refractivity contribution in [1.29, 1.82) is 0 Å².